The first-order valence-electron chi connectivity index (χ1n) is 15.0. The van der Waals surface area contributed by atoms with Gasteiger partial charge in [0.15, 0.2) is 8.32 Å². The van der Waals surface area contributed by atoms with E-state index in [1.807, 2.05) is 43.5 Å². The summed E-state index contributed by atoms with van der Waals surface area (Å²) in [5.74, 6) is 0.812. The fourth-order valence-corrected chi connectivity index (χ4v) is 8.00. The summed E-state index contributed by atoms with van der Waals surface area (Å²) in [6.45, 7) is 14.8. The molecule has 0 radical (unpaired) electrons. The molecule has 1 aromatic carbocycles. The van der Waals surface area contributed by atoms with Gasteiger partial charge < -0.3 is 14.5 Å². The number of pyridine rings is 2. The van der Waals surface area contributed by atoms with Crippen LogP contribution in [-0.4, -0.2) is 36.3 Å². The Hall–Kier alpha value is -3.47. The Morgan fingerprint density at radius 1 is 1.11 bits per heavy atom. The fraction of sp³-hybridized carbons (Fsp3) is 0.412. The van der Waals surface area contributed by atoms with E-state index in [-0.39, 0.29) is 11.0 Å². The fourth-order valence-electron chi connectivity index (χ4n) is 5.39. The number of nitrogens with one attached hydrogen (secondary N) is 1. The van der Waals surface area contributed by atoms with E-state index < -0.39 is 20.1 Å². The van der Waals surface area contributed by atoms with Crippen molar-refractivity contribution in [2.24, 2.45) is 0 Å². The number of hydrogen-bond donors (Lipinski definition) is 1. The molecule has 0 aliphatic heterocycles. The van der Waals surface area contributed by atoms with Gasteiger partial charge in [0.1, 0.15) is 28.4 Å². The van der Waals surface area contributed by atoms with E-state index in [1.54, 1.807) is 29.7 Å². The summed E-state index contributed by atoms with van der Waals surface area (Å²) in [6.07, 6.45) is 4.93. The predicted molar refractivity (Wildman–Crippen MR) is 177 cm³/mol. The van der Waals surface area contributed by atoms with E-state index in [9.17, 15) is 9.18 Å². The van der Waals surface area contributed by atoms with E-state index in [0.29, 0.717) is 22.8 Å². The molecule has 0 amide bonds. The third-order valence-electron chi connectivity index (χ3n) is 8.74. The molecule has 5 rings (SSSR count). The number of carbonyl (C=O) groups is 1. The van der Waals surface area contributed by atoms with Crippen LogP contribution in [0.25, 0.3) is 10.6 Å². The number of halogens is 1. The first kappa shape index (κ1) is 31.9. The van der Waals surface area contributed by atoms with E-state index in [0.717, 1.165) is 51.5 Å². The number of anilines is 2. The largest absolute Gasteiger partial charge is 0.465 e. The first-order chi connectivity index (χ1) is 20.7. The average molecular weight is 633 g/mol. The van der Waals surface area contributed by atoms with Gasteiger partial charge in [-0.1, -0.05) is 26.8 Å². The summed E-state index contributed by atoms with van der Waals surface area (Å²) in [5.41, 5.74) is 4.31. The highest BCUT2D eigenvalue weighted by Crippen LogP contribution is 2.51. The third-order valence-corrected chi connectivity index (χ3v) is 14.4. The molecule has 10 heteroatoms. The second-order valence-electron chi connectivity index (χ2n) is 13.1. The van der Waals surface area contributed by atoms with Crippen molar-refractivity contribution in [3.05, 3.63) is 87.7 Å². The zero-order chi connectivity index (χ0) is 31.9. The number of hydrogen-bond acceptors (Lipinski definition) is 8. The summed E-state index contributed by atoms with van der Waals surface area (Å²) in [4.78, 5) is 27.6. The molecule has 1 N–H and O–H groups in total. The highest BCUT2D eigenvalue weighted by Gasteiger charge is 2.50. The maximum atomic E-state index is 13.9. The second kappa shape index (κ2) is 12.1. The molecule has 0 saturated heterocycles. The van der Waals surface area contributed by atoms with E-state index in [2.05, 4.69) is 44.2 Å². The van der Waals surface area contributed by atoms with Gasteiger partial charge in [-0.25, -0.2) is 24.1 Å². The number of esters is 1. The maximum absolute atomic E-state index is 13.9. The minimum Gasteiger partial charge on any atom is -0.465 e. The van der Waals surface area contributed by atoms with Crippen LogP contribution >= 0.6 is 11.3 Å². The SMILES string of the molecule is COC(=O)c1ccc2c(c1)CCCC2(O[Si](C)(C)C(C)(C)C)c1ncc(-c2cc(C)cc(Nc3cc(C(C)F)ccn3)n2)s1. The lowest BCUT2D eigenvalue weighted by molar-refractivity contribution is 0.0597. The van der Waals surface area contributed by atoms with Gasteiger partial charge >= 0.3 is 5.97 Å². The van der Waals surface area contributed by atoms with Gasteiger partial charge in [0.25, 0.3) is 0 Å². The average Bonchev–Trinajstić information content (AvgIpc) is 3.47. The lowest BCUT2D eigenvalue weighted by Crippen LogP contribution is -2.50. The Morgan fingerprint density at radius 3 is 2.59 bits per heavy atom. The second-order valence-corrected chi connectivity index (χ2v) is 18.8. The van der Waals surface area contributed by atoms with Crippen molar-refractivity contribution in [3.8, 4) is 10.6 Å². The Labute approximate surface area is 264 Å². The Balaban J connectivity index is 1.57. The summed E-state index contributed by atoms with van der Waals surface area (Å²) >= 11 is 1.59. The molecule has 1 aliphatic rings. The van der Waals surface area contributed by atoms with Crippen LogP contribution in [0.4, 0.5) is 16.0 Å². The van der Waals surface area contributed by atoms with Crippen molar-refractivity contribution < 1.29 is 18.3 Å². The van der Waals surface area contributed by atoms with Gasteiger partial charge in [-0.05, 0) is 110 Å². The molecular formula is C34H41FN4O3SSi. The van der Waals surface area contributed by atoms with Gasteiger partial charge in [-0.15, -0.1) is 11.3 Å². The van der Waals surface area contributed by atoms with Crippen LogP contribution in [0, 0.1) is 6.92 Å². The van der Waals surface area contributed by atoms with Crippen molar-refractivity contribution in [2.45, 2.75) is 83.8 Å². The van der Waals surface area contributed by atoms with Gasteiger partial charge in [-0.2, -0.15) is 0 Å². The summed E-state index contributed by atoms with van der Waals surface area (Å²) in [6, 6.07) is 13.2. The van der Waals surface area contributed by atoms with Crippen LogP contribution < -0.4 is 5.32 Å². The van der Waals surface area contributed by atoms with Crippen molar-refractivity contribution in [3.63, 3.8) is 0 Å². The number of aryl methyl sites for hydroxylation is 2. The molecule has 3 heterocycles. The van der Waals surface area contributed by atoms with Crippen LogP contribution in [0.2, 0.25) is 18.1 Å². The quantitative estimate of drug-likeness (QED) is 0.153. The molecule has 2 atom stereocenters. The number of rotatable bonds is 8. The number of thiazole rings is 1. The Kier molecular flexibility index (Phi) is 8.81. The van der Waals surface area contributed by atoms with Crippen LogP contribution in [-0.2, 0) is 21.2 Å². The molecule has 0 bridgehead atoms. The minimum atomic E-state index is -2.29. The van der Waals surface area contributed by atoms with Crippen LogP contribution in [0.1, 0.15) is 84.3 Å². The van der Waals surface area contributed by atoms with E-state index >= 15 is 0 Å². The summed E-state index contributed by atoms with van der Waals surface area (Å²) < 4.78 is 26.3. The molecule has 44 heavy (non-hydrogen) atoms. The highest BCUT2D eigenvalue weighted by atomic mass is 32.1. The van der Waals surface area contributed by atoms with Crippen LogP contribution in [0.5, 0.6) is 0 Å². The van der Waals surface area contributed by atoms with Gasteiger partial charge in [0.05, 0.1) is 23.2 Å². The summed E-state index contributed by atoms with van der Waals surface area (Å²) in [5, 5.41) is 4.11. The monoisotopic (exact) mass is 632 g/mol. The molecular weight excluding hydrogens is 592 g/mol. The van der Waals surface area contributed by atoms with Gasteiger partial charge in [0.2, 0.25) is 0 Å². The van der Waals surface area contributed by atoms with Gasteiger partial charge in [-0.3, -0.25) is 0 Å². The number of methoxy groups -OCH3 is 1. The molecule has 1 aliphatic carbocycles. The van der Waals surface area contributed by atoms with Crippen molar-refractivity contribution in [2.75, 3.05) is 12.4 Å². The molecule has 0 fully saturated rings. The molecule has 2 unspecified atom stereocenters. The van der Waals surface area contributed by atoms with Gasteiger partial charge in [0, 0.05) is 12.4 Å². The number of fused-ring (bicyclic) bond motifs is 1. The lowest BCUT2D eigenvalue weighted by Gasteiger charge is -2.47. The van der Waals surface area contributed by atoms with Crippen LogP contribution in [0.3, 0.4) is 0 Å². The Bertz CT molecular complexity index is 1680. The zero-order valence-electron chi connectivity index (χ0n) is 26.7. The van der Waals surface area contributed by atoms with Crippen molar-refractivity contribution in [1.29, 1.82) is 0 Å². The first-order valence-corrected chi connectivity index (χ1v) is 18.7. The normalized spacial score (nSPS) is 17.6. The minimum absolute atomic E-state index is 0.0202. The van der Waals surface area contributed by atoms with E-state index in [4.69, 9.17) is 19.1 Å². The molecule has 232 valence electrons. The van der Waals surface area contributed by atoms with Crippen molar-refractivity contribution in [1.82, 2.24) is 15.0 Å². The number of ether oxygens (including phenoxy) is 1. The Morgan fingerprint density at radius 2 is 1.89 bits per heavy atom. The number of carbonyl (C=O) groups excluding carboxylic acids is 1. The van der Waals surface area contributed by atoms with Crippen LogP contribution in [0.15, 0.2) is 54.9 Å². The summed E-state index contributed by atoms with van der Waals surface area (Å²) in [7, 11) is -0.882. The third kappa shape index (κ3) is 6.34. The highest BCUT2D eigenvalue weighted by molar-refractivity contribution is 7.15. The lowest BCUT2D eigenvalue weighted by atomic mass is 9.79. The number of nitrogens with zero attached hydrogens (tertiary/aromatic N) is 3. The smallest absolute Gasteiger partial charge is 0.337 e. The van der Waals surface area contributed by atoms with E-state index in [1.165, 1.54) is 14.0 Å². The molecule has 7 nitrogen and oxygen atoms in total. The maximum Gasteiger partial charge on any atom is 0.337 e. The molecule has 3 aromatic heterocycles. The predicted octanol–water partition coefficient (Wildman–Crippen LogP) is 9.07. The number of aromatic nitrogens is 3. The zero-order valence-corrected chi connectivity index (χ0v) is 28.6. The topological polar surface area (TPSA) is 86.2 Å². The molecule has 0 saturated carbocycles. The molecule has 4 aromatic rings. The molecule has 0 spiro atoms. The number of benzene rings is 1. The number of alkyl halides is 1. The standard InChI is InChI=1S/C34H41FN4O3SSi/c1-21-16-27(38-30(17-21)39-29-19-23(22(2)35)13-15-36-29)28-20-37-32(43-28)34(42-44(7,8)33(3,4)5)14-9-10-24-18-25(31(40)41-6)11-12-26(24)34/h11-13,15-20,22H,9-10,14H2,1-8H3,(H,36,38,39). The van der Waals surface area contributed by atoms with Crippen molar-refractivity contribution >= 4 is 37.3 Å².